The van der Waals surface area contributed by atoms with Crippen LogP contribution in [0.3, 0.4) is 0 Å². The molecule has 0 saturated carbocycles. The molecule has 1 atom stereocenters. The van der Waals surface area contributed by atoms with Crippen molar-refractivity contribution in [1.82, 2.24) is 5.32 Å². The third kappa shape index (κ3) is 5.16. The van der Waals surface area contributed by atoms with E-state index in [4.69, 9.17) is 4.74 Å². The van der Waals surface area contributed by atoms with E-state index in [1.165, 1.54) is 0 Å². The van der Waals surface area contributed by atoms with Crippen LogP contribution in [0.25, 0.3) is 0 Å². The van der Waals surface area contributed by atoms with E-state index < -0.39 is 12.6 Å². The van der Waals surface area contributed by atoms with Crippen molar-refractivity contribution in [3.63, 3.8) is 0 Å². The highest BCUT2D eigenvalue weighted by Crippen LogP contribution is 2.37. The summed E-state index contributed by atoms with van der Waals surface area (Å²) in [6, 6.07) is 0.324. The molecule has 2 aliphatic rings. The predicted octanol–water partition coefficient (Wildman–Crippen LogP) is 3.36. The summed E-state index contributed by atoms with van der Waals surface area (Å²) in [5.74, 6) is 2.28. The van der Waals surface area contributed by atoms with E-state index in [2.05, 4.69) is 5.32 Å². The summed E-state index contributed by atoms with van der Waals surface area (Å²) in [5, 5.41) is 3.28. The fraction of sp³-hybridized carbons (Fsp3) is 1.00. The zero-order valence-corrected chi connectivity index (χ0v) is 11.9. The topological polar surface area (TPSA) is 21.3 Å². The summed E-state index contributed by atoms with van der Waals surface area (Å²) < 4.78 is 42.1. The third-order valence-corrected chi connectivity index (χ3v) is 4.95. The van der Waals surface area contributed by atoms with Crippen molar-refractivity contribution < 1.29 is 17.9 Å². The maximum atomic E-state index is 12.1. The lowest BCUT2D eigenvalue weighted by Crippen LogP contribution is -2.49. The van der Waals surface area contributed by atoms with E-state index >= 15 is 0 Å². The first-order chi connectivity index (χ1) is 8.99. The molecule has 1 spiro atoms. The van der Waals surface area contributed by atoms with Gasteiger partial charge < -0.3 is 10.1 Å². The molecule has 0 aromatic heterocycles. The molecule has 6 heteroatoms. The van der Waals surface area contributed by atoms with Gasteiger partial charge in [-0.1, -0.05) is 0 Å². The van der Waals surface area contributed by atoms with Crippen LogP contribution in [-0.4, -0.2) is 42.5 Å². The molecule has 2 heterocycles. The van der Waals surface area contributed by atoms with Crippen molar-refractivity contribution in [3.05, 3.63) is 0 Å². The van der Waals surface area contributed by atoms with Gasteiger partial charge in [0.2, 0.25) is 0 Å². The largest absolute Gasteiger partial charge is 0.389 e. The lowest BCUT2D eigenvalue weighted by Gasteiger charge is -2.43. The molecular formula is C13H22F3NOS. The molecule has 0 radical (unpaired) electrons. The van der Waals surface area contributed by atoms with Crippen molar-refractivity contribution >= 4 is 11.8 Å². The fourth-order valence-corrected chi connectivity index (χ4v) is 4.13. The SMILES string of the molecule is FC(F)(F)CCCNC1CCOC2(CCSCC2)C1. The first kappa shape index (κ1) is 15.4. The van der Waals surface area contributed by atoms with Crippen LogP contribution in [0, 0.1) is 0 Å². The maximum Gasteiger partial charge on any atom is 0.389 e. The van der Waals surface area contributed by atoms with E-state index in [0.29, 0.717) is 12.6 Å². The Balaban J connectivity index is 1.69. The second-order valence-corrected chi connectivity index (χ2v) is 6.73. The molecule has 112 valence electrons. The summed E-state index contributed by atoms with van der Waals surface area (Å²) >= 11 is 1.96. The average molecular weight is 297 g/mol. The van der Waals surface area contributed by atoms with Gasteiger partial charge in [-0.3, -0.25) is 0 Å². The summed E-state index contributed by atoms with van der Waals surface area (Å²) in [5.41, 5.74) is 0.00515. The molecule has 2 fully saturated rings. The summed E-state index contributed by atoms with van der Waals surface area (Å²) in [6.07, 6.45) is -0.509. The Hall–Kier alpha value is 0.0600. The van der Waals surface area contributed by atoms with Crippen LogP contribution in [0.5, 0.6) is 0 Å². The average Bonchev–Trinajstić information content (AvgIpc) is 2.35. The van der Waals surface area contributed by atoms with E-state index in [9.17, 15) is 13.2 Å². The molecular weight excluding hydrogens is 275 g/mol. The van der Waals surface area contributed by atoms with Crippen LogP contribution in [0.2, 0.25) is 0 Å². The smallest absolute Gasteiger partial charge is 0.375 e. The molecule has 2 nitrogen and oxygen atoms in total. The molecule has 2 rings (SSSR count). The Kier molecular flexibility index (Phi) is 5.43. The maximum absolute atomic E-state index is 12.1. The zero-order chi connectivity index (χ0) is 13.8. The number of thioether (sulfide) groups is 1. The standard InChI is InChI=1S/C13H22F3NOS/c14-13(15,16)3-1-6-17-11-2-7-18-12(10-11)4-8-19-9-5-12/h11,17H,1-10H2. The van der Waals surface area contributed by atoms with Gasteiger partial charge in [0.25, 0.3) is 0 Å². The highest BCUT2D eigenvalue weighted by atomic mass is 32.2. The van der Waals surface area contributed by atoms with Crippen LogP contribution in [0.1, 0.15) is 38.5 Å². The van der Waals surface area contributed by atoms with Gasteiger partial charge in [-0.15, -0.1) is 0 Å². The lowest BCUT2D eigenvalue weighted by molar-refractivity contribution is -0.135. The van der Waals surface area contributed by atoms with Crippen molar-refractivity contribution in [3.8, 4) is 0 Å². The minimum atomic E-state index is -4.03. The van der Waals surface area contributed by atoms with Gasteiger partial charge in [-0.05, 0) is 50.2 Å². The summed E-state index contributed by atoms with van der Waals surface area (Å²) in [7, 11) is 0. The number of nitrogens with one attached hydrogen (secondary N) is 1. The normalized spacial score (nSPS) is 27.6. The Morgan fingerprint density at radius 1 is 1.26 bits per heavy atom. The Morgan fingerprint density at radius 3 is 2.68 bits per heavy atom. The third-order valence-electron chi connectivity index (χ3n) is 3.97. The second-order valence-electron chi connectivity index (χ2n) is 5.51. The molecule has 2 saturated heterocycles. The zero-order valence-electron chi connectivity index (χ0n) is 11.1. The molecule has 1 N–H and O–H groups in total. The van der Waals surface area contributed by atoms with Crippen LogP contribution >= 0.6 is 11.8 Å². The molecule has 0 amide bonds. The minimum absolute atomic E-state index is 0.00515. The van der Waals surface area contributed by atoms with Gasteiger partial charge >= 0.3 is 6.18 Å². The Labute approximate surface area is 116 Å². The van der Waals surface area contributed by atoms with Crippen LogP contribution in [0.15, 0.2) is 0 Å². The van der Waals surface area contributed by atoms with Crippen LogP contribution < -0.4 is 5.32 Å². The van der Waals surface area contributed by atoms with E-state index in [1.807, 2.05) is 11.8 Å². The van der Waals surface area contributed by atoms with Gasteiger partial charge in [-0.25, -0.2) is 0 Å². The number of hydrogen-bond acceptors (Lipinski definition) is 3. The number of ether oxygens (including phenoxy) is 1. The van der Waals surface area contributed by atoms with Gasteiger partial charge in [0.15, 0.2) is 0 Å². The van der Waals surface area contributed by atoms with Crippen LogP contribution in [0.4, 0.5) is 13.2 Å². The highest BCUT2D eigenvalue weighted by molar-refractivity contribution is 7.99. The predicted molar refractivity (Wildman–Crippen MR) is 71.6 cm³/mol. The van der Waals surface area contributed by atoms with Gasteiger partial charge in [0.1, 0.15) is 0 Å². The van der Waals surface area contributed by atoms with Crippen molar-refractivity contribution in [2.75, 3.05) is 24.7 Å². The van der Waals surface area contributed by atoms with Gasteiger partial charge in [0, 0.05) is 19.1 Å². The van der Waals surface area contributed by atoms with Gasteiger partial charge in [-0.2, -0.15) is 24.9 Å². The molecule has 2 aliphatic heterocycles. The van der Waals surface area contributed by atoms with Crippen molar-refractivity contribution in [2.24, 2.45) is 0 Å². The number of alkyl halides is 3. The van der Waals surface area contributed by atoms with E-state index in [-0.39, 0.29) is 12.0 Å². The molecule has 0 aliphatic carbocycles. The first-order valence-electron chi connectivity index (χ1n) is 7.01. The van der Waals surface area contributed by atoms with Crippen molar-refractivity contribution in [2.45, 2.75) is 56.3 Å². The molecule has 0 bridgehead atoms. The molecule has 19 heavy (non-hydrogen) atoms. The lowest BCUT2D eigenvalue weighted by atomic mass is 9.85. The van der Waals surface area contributed by atoms with E-state index in [1.54, 1.807) is 0 Å². The van der Waals surface area contributed by atoms with Crippen LogP contribution in [-0.2, 0) is 4.74 Å². The summed E-state index contributed by atoms with van der Waals surface area (Å²) in [4.78, 5) is 0. The number of rotatable bonds is 4. The summed E-state index contributed by atoms with van der Waals surface area (Å²) in [6.45, 7) is 1.19. The second kappa shape index (κ2) is 6.68. The fourth-order valence-electron chi connectivity index (χ4n) is 2.89. The molecule has 1 unspecified atom stereocenters. The Bertz CT molecular complexity index is 274. The van der Waals surface area contributed by atoms with Crippen molar-refractivity contribution in [1.29, 1.82) is 0 Å². The monoisotopic (exact) mass is 297 g/mol. The first-order valence-corrected chi connectivity index (χ1v) is 8.16. The quantitative estimate of drug-likeness (QED) is 0.804. The van der Waals surface area contributed by atoms with Gasteiger partial charge in [0.05, 0.1) is 5.60 Å². The number of hydrogen-bond donors (Lipinski definition) is 1. The van der Waals surface area contributed by atoms with E-state index in [0.717, 1.165) is 43.8 Å². The number of halogens is 3. The minimum Gasteiger partial charge on any atom is -0.375 e. The molecule has 0 aromatic rings. The molecule has 0 aromatic carbocycles. The Morgan fingerprint density at radius 2 is 2.00 bits per heavy atom. The highest BCUT2D eigenvalue weighted by Gasteiger charge is 2.38.